The van der Waals surface area contributed by atoms with Gasteiger partial charge in [-0.1, -0.05) is 12.2 Å². The minimum absolute atomic E-state index is 0.124. The zero-order valence-corrected chi connectivity index (χ0v) is 19.4. The Bertz CT molecular complexity index is 532. The van der Waals surface area contributed by atoms with Crippen LogP contribution < -0.4 is 22.5 Å². The van der Waals surface area contributed by atoms with E-state index in [1.165, 1.54) is 0 Å². The third-order valence-electron chi connectivity index (χ3n) is 7.79. The molecule has 0 spiro atoms. The van der Waals surface area contributed by atoms with Crippen LogP contribution in [-0.4, -0.2) is 52.6 Å². The highest BCUT2D eigenvalue weighted by molar-refractivity contribution is 6.20. The molecule has 0 aliphatic heterocycles. The monoisotopic (exact) mass is 441 g/mol. The SMILES string of the molecule is C[C@H](N)N(C(N)NCC1CCC(O)CC1)C1CC=CCC1C(N)C1CCC(Cl)CC1. The fourth-order valence-corrected chi connectivity index (χ4v) is 6.15. The normalized spacial score (nSPS) is 38.4. The van der Waals surface area contributed by atoms with Crippen molar-refractivity contribution < 1.29 is 5.11 Å². The summed E-state index contributed by atoms with van der Waals surface area (Å²) in [6, 6.07) is 0.395. The first-order valence-corrected chi connectivity index (χ1v) is 12.5. The van der Waals surface area contributed by atoms with Gasteiger partial charge >= 0.3 is 0 Å². The Balaban J connectivity index is 1.62. The summed E-state index contributed by atoms with van der Waals surface area (Å²) in [7, 11) is 0. The standard InChI is InChI=1S/C23H44ClN5O/c1-15(25)29(23(27)28-14-16-6-12-19(30)13-7-16)21-5-3-2-4-20(21)22(26)17-8-10-18(24)11-9-17/h2-3,15-23,28,30H,4-14,25-27H2,1H3/t15-,16?,17?,18?,19?,20?,21?,22?,23?/m1/s1. The van der Waals surface area contributed by atoms with Gasteiger partial charge in [0.25, 0.3) is 0 Å². The third kappa shape index (κ3) is 6.41. The lowest BCUT2D eigenvalue weighted by atomic mass is 9.73. The van der Waals surface area contributed by atoms with Gasteiger partial charge in [-0.3, -0.25) is 10.2 Å². The summed E-state index contributed by atoms with van der Waals surface area (Å²) in [6.07, 6.45) is 14.2. The van der Waals surface area contributed by atoms with Gasteiger partial charge in [-0.25, -0.2) is 0 Å². The zero-order valence-electron chi connectivity index (χ0n) is 18.6. The highest BCUT2D eigenvalue weighted by atomic mass is 35.5. The summed E-state index contributed by atoms with van der Waals surface area (Å²) in [5.74, 6) is 1.46. The second-order valence-electron chi connectivity index (χ2n) is 9.98. The lowest BCUT2D eigenvalue weighted by Gasteiger charge is -2.47. The molecule has 0 bridgehead atoms. The van der Waals surface area contributed by atoms with Gasteiger partial charge in [0.2, 0.25) is 0 Å². The number of nitrogens with zero attached hydrogens (tertiary/aromatic N) is 1. The third-order valence-corrected chi connectivity index (χ3v) is 8.23. The molecule has 0 aromatic heterocycles. The van der Waals surface area contributed by atoms with Crippen LogP contribution in [-0.2, 0) is 0 Å². The van der Waals surface area contributed by atoms with E-state index in [0.717, 1.165) is 70.8 Å². The number of rotatable bonds is 8. The topological polar surface area (TPSA) is 114 Å². The van der Waals surface area contributed by atoms with E-state index in [0.29, 0.717) is 23.1 Å². The van der Waals surface area contributed by atoms with Gasteiger partial charge in [-0.05, 0) is 88.9 Å². The zero-order chi connectivity index (χ0) is 21.7. The minimum Gasteiger partial charge on any atom is -0.393 e. The molecule has 2 fully saturated rings. The van der Waals surface area contributed by atoms with E-state index in [1.807, 2.05) is 6.92 Å². The molecule has 2 saturated carbocycles. The van der Waals surface area contributed by atoms with Gasteiger partial charge in [-0.15, -0.1) is 11.6 Å². The summed E-state index contributed by atoms with van der Waals surface area (Å²) < 4.78 is 0. The van der Waals surface area contributed by atoms with Crippen LogP contribution in [0.2, 0.25) is 0 Å². The lowest BCUT2D eigenvalue weighted by Crippen LogP contribution is -2.65. The molecule has 30 heavy (non-hydrogen) atoms. The van der Waals surface area contributed by atoms with Crippen LogP contribution in [0, 0.1) is 17.8 Å². The molecule has 0 amide bonds. The number of allylic oxidation sites excluding steroid dienone is 1. The van der Waals surface area contributed by atoms with Crippen molar-refractivity contribution in [2.24, 2.45) is 35.0 Å². The molecule has 0 heterocycles. The molecule has 0 radical (unpaired) electrons. The smallest absolute Gasteiger partial charge is 0.113 e. The number of halogens is 1. The second-order valence-corrected chi connectivity index (χ2v) is 10.6. The van der Waals surface area contributed by atoms with E-state index in [2.05, 4.69) is 22.4 Å². The molecular weight excluding hydrogens is 398 g/mol. The van der Waals surface area contributed by atoms with Crippen LogP contribution in [0.25, 0.3) is 0 Å². The Morgan fingerprint density at radius 2 is 1.63 bits per heavy atom. The first-order chi connectivity index (χ1) is 14.4. The summed E-state index contributed by atoms with van der Waals surface area (Å²) in [6.45, 7) is 2.90. The van der Waals surface area contributed by atoms with Crippen LogP contribution in [0.1, 0.15) is 71.1 Å². The average molecular weight is 442 g/mol. The van der Waals surface area contributed by atoms with Crippen molar-refractivity contribution in [3.8, 4) is 0 Å². The molecule has 0 aromatic rings. The van der Waals surface area contributed by atoms with E-state index in [1.54, 1.807) is 0 Å². The second kappa shape index (κ2) is 11.6. The maximum Gasteiger partial charge on any atom is 0.113 e. The Kier molecular flexibility index (Phi) is 9.44. The predicted molar refractivity (Wildman–Crippen MR) is 125 cm³/mol. The number of alkyl halides is 1. The summed E-state index contributed by atoms with van der Waals surface area (Å²) in [4.78, 5) is 2.25. The van der Waals surface area contributed by atoms with Crippen molar-refractivity contribution in [1.82, 2.24) is 10.2 Å². The molecular formula is C23H44ClN5O. The Labute approximate surface area is 187 Å². The van der Waals surface area contributed by atoms with Crippen LogP contribution in [0.5, 0.6) is 0 Å². The van der Waals surface area contributed by atoms with Gasteiger partial charge < -0.3 is 22.3 Å². The molecule has 174 valence electrons. The first kappa shape index (κ1) is 24.4. The quantitative estimate of drug-likeness (QED) is 0.224. The van der Waals surface area contributed by atoms with Crippen molar-refractivity contribution >= 4 is 11.6 Å². The Morgan fingerprint density at radius 1 is 1.00 bits per heavy atom. The largest absolute Gasteiger partial charge is 0.393 e. The van der Waals surface area contributed by atoms with Crippen LogP contribution in [0.4, 0.5) is 0 Å². The van der Waals surface area contributed by atoms with Crippen molar-refractivity contribution in [1.29, 1.82) is 0 Å². The summed E-state index contributed by atoms with van der Waals surface area (Å²) in [5.41, 5.74) is 20.0. The molecule has 4 unspecified atom stereocenters. The van der Waals surface area contributed by atoms with Crippen molar-refractivity contribution in [3.05, 3.63) is 12.2 Å². The first-order valence-electron chi connectivity index (χ1n) is 12.1. The minimum atomic E-state index is -0.290. The molecule has 0 aromatic carbocycles. The van der Waals surface area contributed by atoms with Crippen LogP contribution in [0.3, 0.4) is 0 Å². The molecule has 8 N–H and O–H groups in total. The predicted octanol–water partition coefficient (Wildman–Crippen LogP) is 2.44. The number of aliphatic hydroxyl groups excluding tert-OH is 1. The summed E-state index contributed by atoms with van der Waals surface area (Å²) >= 11 is 6.33. The molecule has 5 atom stereocenters. The van der Waals surface area contributed by atoms with Gasteiger partial charge in [-0.2, -0.15) is 0 Å². The number of hydrogen-bond donors (Lipinski definition) is 5. The highest BCUT2D eigenvalue weighted by Gasteiger charge is 2.39. The number of aliphatic hydroxyl groups is 1. The maximum absolute atomic E-state index is 9.74. The van der Waals surface area contributed by atoms with E-state index in [4.69, 9.17) is 28.8 Å². The molecule has 3 aliphatic carbocycles. The van der Waals surface area contributed by atoms with Gasteiger partial charge in [0.15, 0.2) is 0 Å². The Hall–Kier alpha value is -0.210. The molecule has 6 nitrogen and oxygen atoms in total. The molecule has 7 heteroatoms. The van der Waals surface area contributed by atoms with Crippen LogP contribution >= 0.6 is 11.6 Å². The van der Waals surface area contributed by atoms with Gasteiger partial charge in [0.05, 0.1) is 12.3 Å². The number of nitrogens with one attached hydrogen (secondary N) is 1. The van der Waals surface area contributed by atoms with Crippen molar-refractivity contribution in [2.75, 3.05) is 6.54 Å². The molecule has 0 saturated heterocycles. The lowest BCUT2D eigenvalue weighted by molar-refractivity contribution is 0.0190. The van der Waals surface area contributed by atoms with E-state index < -0.39 is 0 Å². The Morgan fingerprint density at radius 3 is 2.27 bits per heavy atom. The molecule has 3 aliphatic rings. The van der Waals surface area contributed by atoms with Crippen LogP contribution in [0.15, 0.2) is 12.2 Å². The van der Waals surface area contributed by atoms with Gasteiger partial charge in [0.1, 0.15) is 6.29 Å². The average Bonchev–Trinajstić information content (AvgIpc) is 2.74. The van der Waals surface area contributed by atoms with Gasteiger partial charge in [0, 0.05) is 24.0 Å². The highest BCUT2D eigenvalue weighted by Crippen LogP contribution is 2.36. The summed E-state index contributed by atoms with van der Waals surface area (Å²) in [5, 5.41) is 13.6. The number of nitrogens with two attached hydrogens (primary N) is 3. The maximum atomic E-state index is 9.74. The fourth-order valence-electron chi connectivity index (χ4n) is 5.89. The van der Waals surface area contributed by atoms with Crippen molar-refractivity contribution in [2.45, 2.75) is 107 Å². The van der Waals surface area contributed by atoms with Crippen molar-refractivity contribution in [3.63, 3.8) is 0 Å². The van der Waals surface area contributed by atoms with E-state index in [-0.39, 0.29) is 30.6 Å². The molecule has 3 rings (SSSR count). The van der Waals surface area contributed by atoms with E-state index >= 15 is 0 Å². The fraction of sp³-hybridized carbons (Fsp3) is 0.913. The number of hydrogen-bond acceptors (Lipinski definition) is 6. The van der Waals surface area contributed by atoms with E-state index in [9.17, 15) is 5.11 Å².